The highest BCUT2D eigenvalue weighted by Gasteiger charge is 2.06. The normalized spacial score (nSPS) is 12.2. The second-order valence-corrected chi connectivity index (χ2v) is 2.25. The van der Waals surface area contributed by atoms with Gasteiger partial charge in [0.2, 0.25) is 0 Å². The highest BCUT2D eigenvalue weighted by molar-refractivity contribution is 5.71. The summed E-state index contributed by atoms with van der Waals surface area (Å²) < 4.78 is 9.68. The summed E-state index contributed by atoms with van der Waals surface area (Å²) in [5.41, 5.74) is 0. The van der Waals surface area contributed by atoms with Crippen molar-refractivity contribution in [3.8, 4) is 0 Å². The minimum absolute atomic E-state index is 0.174. The smallest absolute Gasteiger partial charge is 0.309 e. The average Bonchev–Trinajstić information content (AvgIpc) is 1.87. The van der Waals surface area contributed by atoms with Gasteiger partial charge in [0.1, 0.15) is 6.10 Å². The number of ether oxygens (including phenoxy) is 2. The zero-order chi connectivity index (χ0) is 8.69. The zero-order valence-corrected chi connectivity index (χ0v) is 7.00. The largest absolute Gasteiger partial charge is 0.460 e. The summed E-state index contributed by atoms with van der Waals surface area (Å²) in [5.74, 6) is -0.260. The molecule has 0 rings (SSSR count). The zero-order valence-electron chi connectivity index (χ0n) is 7.00. The second kappa shape index (κ2) is 5.92. The van der Waals surface area contributed by atoms with Crippen LogP contribution in [-0.4, -0.2) is 25.8 Å². The molecule has 1 atom stereocenters. The van der Waals surface area contributed by atoms with Crippen LogP contribution in [-0.2, 0) is 14.3 Å². The third-order valence-electron chi connectivity index (χ3n) is 1.05. The van der Waals surface area contributed by atoms with Gasteiger partial charge in [0, 0.05) is 7.11 Å². The molecule has 64 valence electrons. The van der Waals surface area contributed by atoms with Gasteiger partial charge in [-0.2, -0.15) is 0 Å². The highest BCUT2D eigenvalue weighted by Crippen LogP contribution is 1.94. The van der Waals surface area contributed by atoms with E-state index in [1.54, 1.807) is 14.0 Å². The van der Waals surface area contributed by atoms with Crippen molar-refractivity contribution in [3.63, 3.8) is 0 Å². The molecular weight excluding hydrogens is 144 g/mol. The Balaban J connectivity index is 3.48. The molecule has 0 aromatic carbocycles. The Hall–Kier alpha value is -0.830. The van der Waals surface area contributed by atoms with Crippen LogP contribution in [0, 0.1) is 0 Å². The standard InChI is InChI=1S/C8H14O3/c1-4-5-8(9)11-7(2)6-10-3/h4,7H,1,5-6H2,2-3H3. The molecule has 11 heavy (non-hydrogen) atoms. The number of hydrogen-bond acceptors (Lipinski definition) is 3. The van der Waals surface area contributed by atoms with E-state index in [0.717, 1.165) is 0 Å². The van der Waals surface area contributed by atoms with Crippen LogP contribution < -0.4 is 0 Å². The first-order valence-electron chi connectivity index (χ1n) is 3.50. The molecule has 0 aliphatic carbocycles. The lowest BCUT2D eigenvalue weighted by Gasteiger charge is -2.10. The lowest BCUT2D eigenvalue weighted by atomic mass is 10.4. The lowest BCUT2D eigenvalue weighted by molar-refractivity contribution is -0.149. The number of rotatable bonds is 5. The Bertz CT molecular complexity index is 131. The molecule has 3 heteroatoms. The van der Waals surface area contributed by atoms with Gasteiger partial charge < -0.3 is 9.47 Å². The molecule has 0 heterocycles. The minimum atomic E-state index is -0.260. The molecule has 0 spiro atoms. The van der Waals surface area contributed by atoms with Crippen molar-refractivity contribution < 1.29 is 14.3 Å². The van der Waals surface area contributed by atoms with E-state index in [2.05, 4.69) is 6.58 Å². The lowest BCUT2D eigenvalue weighted by Crippen LogP contribution is -2.18. The summed E-state index contributed by atoms with van der Waals surface area (Å²) in [7, 11) is 1.57. The van der Waals surface area contributed by atoms with Crippen molar-refractivity contribution in [1.82, 2.24) is 0 Å². The Morgan fingerprint density at radius 3 is 2.82 bits per heavy atom. The van der Waals surface area contributed by atoms with E-state index in [1.165, 1.54) is 6.08 Å². The highest BCUT2D eigenvalue weighted by atomic mass is 16.6. The Morgan fingerprint density at radius 1 is 1.73 bits per heavy atom. The van der Waals surface area contributed by atoms with Crippen LogP contribution in [0.2, 0.25) is 0 Å². The van der Waals surface area contributed by atoms with Gasteiger partial charge in [-0.25, -0.2) is 0 Å². The van der Waals surface area contributed by atoms with E-state index in [9.17, 15) is 4.79 Å². The molecule has 0 N–H and O–H groups in total. The average molecular weight is 158 g/mol. The Morgan fingerprint density at radius 2 is 2.36 bits per heavy atom. The van der Waals surface area contributed by atoms with Crippen LogP contribution in [0.4, 0.5) is 0 Å². The molecule has 0 aliphatic heterocycles. The number of hydrogen-bond donors (Lipinski definition) is 0. The summed E-state index contributed by atoms with van der Waals surface area (Å²) in [6.45, 7) is 5.64. The summed E-state index contributed by atoms with van der Waals surface area (Å²) in [4.78, 5) is 10.8. The predicted molar refractivity (Wildman–Crippen MR) is 42.2 cm³/mol. The maximum atomic E-state index is 10.8. The number of carbonyl (C=O) groups is 1. The quantitative estimate of drug-likeness (QED) is 0.444. The van der Waals surface area contributed by atoms with Crippen LogP contribution in [0.15, 0.2) is 12.7 Å². The predicted octanol–water partition coefficient (Wildman–Crippen LogP) is 1.14. The van der Waals surface area contributed by atoms with Crippen LogP contribution in [0.1, 0.15) is 13.3 Å². The Kier molecular flexibility index (Phi) is 5.47. The van der Waals surface area contributed by atoms with Gasteiger partial charge >= 0.3 is 5.97 Å². The number of carbonyl (C=O) groups excluding carboxylic acids is 1. The van der Waals surface area contributed by atoms with E-state index in [-0.39, 0.29) is 18.5 Å². The van der Waals surface area contributed by atoms with Crippen molar-refractivity contribution in [2.75, 3.05) is 13.7 Å². The van der Waals surface area contributed by atoms with Gasteiger partial charge in [-0.1, -0.05) is 6.08 Å². The number of esters is 1. The molecule has 0 saturated heterocycles. The fourth-order valence-corrected chi connectivity index (χ4v) is 0.659. The molecule has 0 fully saturated rings. The molecule has 0 saturated carbocycles. The maximum absolute atomic E-state index is 10.8. The van der Waals surface area contributed by atoms with Crippen molar-refractivity contribution in [3.05, 3.63) is 12.7 Å². The fourth-order valence-electron chi connectivity index (χ4n) is 0.659. The first kappa shape index (κ1) is 10.2. The fraction of sp³-hybridized carbons (Fsp3) is 0.625. The van der Waals surface area contributed by atoms with Gasteiger partial charge in [0.05, 0.1) is 13.0 Å². The van der Waals surface area contributed by atoms with Gasteiger partial charge in [-0.3, -0.25) is 4.79 Å². The van der Waals surface area contributed by atoms with E-state index in [4.69, 9.17) is 9.47 Å². The summed E-state index contributed by atoms with van der Waals surface area (Å²) in [5, 5.41) is 0. The minimum Gasteiger partial charge on any atom is -0.460 e. The maximum Gasteiger partial charge on any atom is 0.309 e. The monoisotopic (exact) mass is 158 g/mol. The summed E-state index contributed by atoms with van der Waals surface area (Å²) in [6, 6.07) is 0. The van der Waals surface area contributed by atoms with Crippen LogP contribution in [0.3, 0.4) is 0 Å². The molecule has 0 aromatic heterocycles. The van der Waals surface area contributed by atoms with E-state index >= 15 is 0 Å². The molecular formula is C8H14O3. The van der Waals surface area contributed by atoms with Gasteiger partial charge in [0.15, 0.2) is 0 Å². The molecule has 1 unspecified atom stereocenters. The Labute approximate surface area is 67.0 Å². The summed E-state index contributed by atoms with van der Waals surface area (Å²) in [6.07, 6.45) is 1.60. The molecule has 0 aromatic rings. The number of methoxy groups -OCH3 is 1. The third kappa shape index (κ3) is 5.61. The van der Waals surface area contributed by atoms with Crippen molar-refractivity contribution in [1.29, 1.82) is 0 Å². The van der Waals surface area contributed by atoms with Crippen LogP contribution in [0.25, 0.3) is 0 Å². The van der Waals surface area contributed by atoms with E-state index in [1.807, 2.05) is 0 Å². The second-order valence-electron chi connectivity index (χ2n) is 2.25. The third-order valence-corrected chi connectivity index (χ3v) is 1.05. The molecule has 3 nitrogen and oxygen atoms in total. The van der Waals surface area contributed by atoms with Gasteiger partial charge in [-0.05, 0) is 6.92 Å². The van der Waals surface area contributed by atoms with Gasteiger partial charge in [-0.15, -0.1) is 6.58 Å². The van der Waals surface area contributed by atoms with E-state index < -0.39 is 0 Å². The SMILES string of the molecule is C=CCC(=O)OC(C)COC. The van der Waals surface area contributed by atoms with Crippen molar-refractivity contribution >= 4 is 5.97 Å². The van der Waals surface area contributed by atoms with Crippen LogP contribution in [0.5, 0.6) is 0 Å². The van der Waals surface area contributed by atoms with Gasteiger partial charge in [0.25, 0.3) is 0 Å². The van der Waals surface area contributed by atoms with E-state index in [0.29, 0.717) is 6.61 Å². The van der Waals surface area contributed by atoms with Crippen molar-refractivity contribution in [2.45, 2.75) is 19.4 Å². The van der Waals surface area contributed by atoms with Crippen LogP contribution >= 0.6 is 0 Å². The molecule has 0 amide bonds. The van der Waals surface area contributed by atoms with Crippen molar-refractivity contribution in [2.24, 2.45) is 0 Å². The first-order valence-corrected chi connectivity index (χ1v) is 3.50. The molecule has 0 radical (unpaired) electrons. The molecule has 0 aliphatic rings. The topological polar surface area (TPSA) is 35.5 Å². The first-order chi connectivity index (χ1) is 5.20. The summed E-state index contributed by atoms with van der Waals surface area (Å²) >= 11 is 0. The molecule has 0 bridgehead atoms.